The lowest BCUT2D eigenvalue weighted by molar-refractivity contribution is -0.384. The number of aromatic nitrogens is 3. The summed E-state index contributed by atoms with van der Waals surface area (Å²) in [6, 6.07) is 22.7. The molecule has 0 unspecified atom stereocenters. The third-order valence-corrected chi connectivity index (χ3v) is 6.46. The van der Waals surface area contributed by atoms with Gasteiger partial charge in [-0.15, -0.1) is 10.2 Å². The van der Waals surface area contributed by atoms with Gasteiger partial charge >= 0.3 is 5.97 Å². The van der Waals surface area contributed by atoms with E-state index >= 15 is 0 Å². The summed E-state index contributed by atoms with van der Waals surface area (Å²) < 4.78 is 6.86. The molecule has 0 bridgehead atoms. The molecule has 0 aliphatic heterocycles. The molecular weight excluding hydrogens is 506 g/mol. The van der Waals surface area contributed by atoms with Crippen LogP contribution in [0, 0.1) is 17.0 Å². The Morgan fingerprint density at radius 3 is 2.32 bits per heavy atom. The van der Waals surface area contributed by atoms with Crippen molar-refractivity contribution >= 4 is 35.0 Å². The number of anilines is 1. The Morgan fingerprint density at radius 2 is 1.68 bits per heavy atom. The van der Waals surface area contributed by atoms with Gasteiger partial charge in [0.15, 0.2) is 11.0 Å². The van der Waals surface area contributed by atoms with Gasteiger partial charge in [0.05, 0.1) is 17.3 Å². The standard InChI is InChI=1S/C27H25N5O5S/c1-3-37-25(34)17-30(21-7-5-4-6-8-21)24(33)18-38-27-29-28-26(20-11-15-23(16-12-20)32(35)36)31(27)22-13-9-19(2)10-14-22/h4-16H,3,17-18H2,1-2H3. The SMILES string of the molecule is CCOC(=O)CN(C(=O)CSc1nnc(-c2ccc([N+](=O)[O-])cc2)n1-c1ccc(C)cc1)c1ccccc1. The predicted octanol–water partition coefficient (Wildman–Crippen LogP) is 4.84. The zero-order chi connectivity index (χ0) is 27.1. The number of ether oxygens (including phenoxy) is 1. The number of esters is 1. The molecule has 194 valence electrons. The highest BCUT2D eigenvalue weighted by molar-refractivity contribution is 7.99. The van der Waals surface area contributed by atoms with Crippen molar-refractivity contribution in [1.82, 2.24) is 14.8 Å². The topological polar surface area (TPSA) is 120 Å². The molecule has 1 amide bonds. The number of aryl methyl sites for hydroxylation is 1. The summed E-state index contributed by atoms with van der Waals surface area (Å²) in [6.45, 7) is 3.69. The minimum Gasteiger partial charge on any atom is -0.465 e. The van der Waals surface area contributed by atoms with Crippen LogP contribution in [0.4, 0.5) is 11.4 Å². The van der Waals surface area contributed by atoms with Crippen molar-refractivity contribution < 1.29 is 19.2 Å². The Balaban J connectivity index is 1.64. The molecule has 0 fully saturated rings. The number of benzene rings is 3. The molecule has 0 aliphatic carbocycles. The third kappa shape index (κ3) is 6.24. The van der Waals surface area contributed by atoms with Gasteiger partial charge in [0.2, 0.25) is 5.91 Å². The molecule has 1 aromatic heterocycles. The second-order valence-corrected chi connectivity index (χ2v) is 9.13. The maximum absolute atomic E-state index is 13.3. The van der Waals surface area contributed by atoms with Crippen LogP contribution in [0.3, 0.4) is 0 Å². The number of hydrogen-bond donors (Lipinski definition) is 0. The molecule has 10 nitrogen and oxygen atoms in total. The number of thioether (sulfide) groups is 1. The van der Waals surface area contributed by atoms with E-state index in [1.165, 1.54) is 28.8 Å². The largest absolute Gasteiger partial charge is 0.465 e. The molecule has 4 rings (SSSR count). The van der Waals surface area contributed by atoms with Gasteiger partial charge < -0.3 is 9.64 Å². The van der Waals surface area contributed by atoms with Crippen LogP contribution in [-0.2, 0) is 14.3 Å². The van der Waals surface area contributed by atoms with Crippen molar-refractivity contribution in [2.75, 3.05) is 23.8 Å². The number of nitrogens with zero attached hydrogens (tertiary/aromatic N) is 5. The smallest absolute Gasteiger partial charge is 0.326 e. The first-order valence-electron chi connectivity index (χ1n) is 11.8. The van der Waals surface area contributed by atoms with Crippen LogP contribution in [0.1, 0.15) is 12.5 Å². The predicted molar refractivity (Wildman–Crippen MR) is 144 cm³/mol. The highest BCUT2D eigenvalue weighted by Crippen LogP contribution is 2.30. The number of nitro benzene ring substituents is 1. The van der Waals surface area contributed by atoms with E-state index in [1.54, 1.807) is 47.9 Å². The molecule has 4 aromatic rings. The van der Waals surface area contributed by atoms with E-state index in [1.807, 2.05) is 37.3 Å². The first-order chi connectivity index (χ1) is 18.4. The van der Waals surface area contributed by atoms with Gasteiger partial charge in [0, 0.05) is 29.1 Å². The lowest BCUT2D eigenvalue weighted by Crippen LogP contribution is -2.37. The van der Waals surface area contributed by atoms with Crippen molar-refractivity contribution in [3.05, 3.63) is 94.5 Å². The number of nitro groups is 1. The van der Waals surface area contributed by atoms with Gasteiger partial charge in [-0.2, -0.15) is 0 Å². The second kappa shape index (κ2) is 12.2. The van der Waals surface area contributed by atoms with Gasteiger partial charge in [-0.25, -0.2) is 0 Å². The minimum absolute atomic E-state index is 0.0153. The first kappa shape index (κ1) is 26.6. The molecule has 0 radical (unpaired) electrons. The van der Waals surface area contributed by atoms with Crippen molar-refractivity contribution in [1.29, 1.82) is 0 Å². The van der Waals surface area contributed by atoms with Crippen molar-refractivity contribution in [3.8, 4) is 17.1 Å². The number of carbonyl (C=O) groups is 2. The van der Waals surface area contributed by atoms with E-state index in [9.17, 15) is 19.7 Å². The number of non-ortho nitro benzene ring substituents is 1. The van der Waals surface area contributed by atoms with Crippen molar-refractivity contribution in [2.24, 2.45) is 0 Å². The quantitative estimate of drug-likeness (QED) is 0.123. The van der Waals surface area contributed by atoms with Crippen LogP contribution in [0.15, 0.2) is 84.0 Å². The number of para-hydroxylation sites is 1. The maximum Gasteiger partial charge on any atom is 0.326 e. The molecule has 0 atom stereocenters. The highest BCUT2D eigenvalue weighted by Gasteiger charge is 2.23. The van der Waals surface area contributed by atoms with Gasteiger partial charge in [-0.05, 0) is 50.2 Å². The molecule has 0 spiro atoms. The van der Waals surface area contributed by atoms with Gasteiger partial charge in [-0.3, -0.25) is 24.3 Å². The fourth-order valence-corrected chi connectivity index (χ4v) is 4.51. The lowest BCUT2D eigenvalue weighted by Gasteiger charge is -2.21. The Kier molecular flexibility index (Phi) is 8.49. The average molecular weight is 532 g/mol. The number of hydrogen-bond acceptors (Lipinski definition) is 8. The molecular formula is C27H25N5O5S. The molecule has 0 saturated heterocycles. The molecule has 0 N–H and O–H groups in total. The summed E-state index contributed by atoms with van der Waals surface area (Å²) in [5.41, 5.74) is 3.03. The molecule has 3 aromatic carbocycles. The zero-order valence-electron chi connectivity index (χ0n) is 20.8. The molecule has 0 aliphatic rings. The number of rotatable bonds is 10. The Labute approximate surface area is 223 Å². The molecule has 11 heteroatoms. The monoisotopic (exact) mass is 531 g/mol. The lowest BCUT2D eigenvalue weighted by atomic mass is 10.2. The van der Waals surface area contributed by atoms with Gasteiger partial charge in [-0.1, -0.05) is 47.7 Å². The fourth-order valence-electron chi connectivity index (χ4n) is 3.68. The van der Waals surface area contributed by atoms with Crippen LogP contribution in [0.5, 0.6) is 0 Å². The van der Waals surface area contributed by atoms with Crippen LogP contribution in [0.25, 0.3) is 17.1 Å². The average Bonchev–Trinajstić information content (AvgIpc) is 3.35. The van der Waals surface area contributed by atoms with E-state index in [-0.39, 0.29) is 30.5 Å². The van der Waals surface area contributed by atoms with E-state index in [0.29, 0.717) is 22.2 Å². The zero-order valence-corrected chi connectivity index (χ0v) is 21.6. The van der Waals surface area contributed by atoms with Crippen LogP contribution < -0.4 is 4.90 Å². The summed E-state index contributed by atoms with van der Waals surface area (Å²) >= 11 is 1.18. The second-order valence-electron chi connectivity index (χ2n) is 8.19. The van der Waals surface area contributed by atoms with Crippen LogP contribution in [0.2, 0.25) is 0 Å². The van der Waals surface area contributed by atoms with E-state index < -0.39 is 10.9 Å². The van der Waals surface area contributed by atoms with Crippen molar-refractivity contribution in [3.63, 3.8) is 0 Å². The van der Waals surface area contributed by atoms with Crippen LogP contribution in [-0.4, -0.2) is 50.5 Å². The normalized spacial score (nSPS) is 10.7. The highest BCUT2D eigenvalue weighted by atomic mass is 32.2. The van der Waals surface area contributed by atoms with Gasteiger partial charge in [0.25, 0.3) is 5.69 Å². The summed E-state index contributed by atoms with van der Waals surface area (Å²) in [5, 5.41) is 20.2. The Hall–Kier alpha value is -4.51. The summed E-state index contributed by atoms with van der Waals surface area (Å²) in [6.07, 6.45) is 0. The first-order valence-corrected chi connectivity index (χ1v) is 12.8. The fraction of sp³-hybridized carbons (Fsp3) is 0.185. The summed E-state index contributed by atoms with van der Waals surface area (Å²) in [7, 11) is 0. The molecule has 38 heavy (non-hydrogen) atoms. The maximum atomic E-state index is 13.3. The summed E-state index contributed by atoms with van der Waals surface area (Å²) in [5.74, 6) is -0.342. The van der Waals surface area contributed by atoms with Crippen LogP contribution >= 0.6 is 11.8 Å². The van der Waals surface area contributed by atoms with Gasteiger partial charge in [0.1, 0.15) is 6.54 Å². The van der Waals surface area contributed by atoms with E-state index in [2.05, 4.69) is 10.2 Å². The number of amides is 1. The van der Waals surface area contributed by atoms with Crippen molar-refractivity contribution in [2.45, 2.75) is 19.0 Å². The molecule has 1 heterocycles. The Morgan fingerprint density at radius 1 is 1.00 bits per heavy atom. The Bertz CT molecular complexity index is 1420. The number of carbonyl (C=O) groups excluding carboxylic acids is 2. The molecule has 0 saturated carbocycles. The summed E-state index contributed by atoms with van der Waals surface area (Å²) in [4.78, 5) is 37.5. The van der Waals surface area contributed by atoms with E-state index in [4.69, 9.17) is 4.74 Å². The minimum atomic E-state index is -0.502. The third-order valence-electron chi connectivity index (χ3n) is 5.55. The van der Waals surface area contributed by atoms with E-state index in [0.717, 1.165) is 11.3 Å².